The Morgan fingerprint density at radius 2 is 1.54 bits per heavy atom. The number of urea groups is 1. The first-order chi connectivity index (χ1) is 11.8. The summed E-state index contributed by atoms with van der Waals surface area (Å²) in [6.45, 7) is 0. The van der Waals surface area contributed by atoms with E-state index in [1.54, 1.807) is 0 Å². The predicted molar refractivity (Wildman–Crippen MR) is 96.3 cm³/mol. The van der Waals surface area contributed by atoms with Crippen LogP contribution in [0.4, 0.5) is 10.5 Å². The molecule has 4 nitrogen and oxygen atoms in total. The fourth-order valence-corrected chi connectivity index (χ4v) is 2.72. The number of amides is 2. The molecule has 0 unspecified atom stereocenters. The molecule has 4 heteroatoms. The van der Waals surface area contributed by atoms with E-state index in [0.717, 1.165) is 30.0 Å². The molecule has 0 spiro atoms. The molecule has 124 valence electrons. The van der Waals surface area contributed by atoms with E-state index in [0.29, 0.717) is 0 Å². The zero-order valence-electron chi connectivity index (χ0n) is 13.6. The minimum absolute atomic E-state index is 0.218. The highest BCUT2D eigenvalue weighted by atomic mass is 16.5. The van der Waals surface area contributed by atoms with Gasteiger partial charge in [0.2, 0.25) is 0 Å². The van der Waals surface area contributed by atoms with Crippen molar-refractivity contribution >= 4 is 11.7 Å². The number of carbonyl (C=O) groups is 1. The number of anilines is 1. The molecule has 1 aliphatic rings. The van der Waals surface area contributed by atoms with Gasteiger partial charge in [-0.2, -0.15) is 0 Å². The van der Waals surface area contributed by atoms with Crippen LogP contribution in [0, 0.1) is 0 Å². The van der Waals surface area contributed by atoms with Gasteiger partial charge in [-0.15, -0.1) is 0 Å². The lowest BCUT2D eigenvalue weighted by Gasteiger charge is -2.13. The summed E-state index contributed by atoms with van der Waals surface area (Å²) in [5.74, 6) is 1.52. The van der Waals surface area contributed by atoms with Gasteiger partial charge in [-0.25, -0.2) is 4.79 Å². The van der Waals surface area contributed by atoms with Crippen molar-refractivity contribution < 1.29 is 9.53 Å². The zero-order chi connectivity index (χ0) is 16.6. The maximum Gasteiger partial charge on any atom is 0.323 e. The summed E-state index contributed by atoms with van der Waals surface area (Å²) in [7, 11) is 0. The zero-order valence-corrected chi connectivity index (χ0v) is 13.6. The monoisotopic (exact) mass is 322 g/mol. The molecule has 2 amide bonds. The van der Waals surface area contributed by atoms with Crippen molar-refractivity contribution in [3.05, 3.63) is 66.4 Å². The lowest BCUT2D eigenvalue weighted by molar-refractivity contribution is 0.255. The molecule has 1 aliphatic carbocycles. The van der Waals surface area contributed by atoms with E-state index >= 15 is 0 Å². The highest BCUT2D eigenvalue weighted by Gasteiger charge is 2.06. The minimum atomic E-state index is -0.218. The number of benzene rings is 2. The Hall–Kier alpha value is -2.75. The number of para-hydroxylation sites is 1. The van der Waals surface area contributed by atoms with Crippen LogP contribution >= 0.6 is 0 Å². The molecule has 2 N–H and O–H groups in total. The first kappa shape index (κ1) is 16.1. The van der Waals surface area contributed by atoms with Gasteiger partial charge in [0.05, 0.1) is 0 Å². The molecule has 0 atom stereocenters. The normalized spacial score (nSPS) is 13.9. The second kappa shape index (κ2) is 8.20. The van der Waals surface area contributed by atoms with Gasteiger partial charge in [0.1, 0.15) is 11.5 Å². The van der Waals surface area contributed by atoms with Crippen molar-refractivity contribution in [2.24, 2.45) is 0 Å². The van der Waals surface area contributed by atoms with E-state index in [4.69, 9.17) is 4.74 Å². The third kappa shape index (κ3) is 4.88. The molecule has 24 heavy (non-hydrogen) atoms. The Bertz CT molecular complexity index is 685. The van der Waals surface area contributed by atoms with Gasteiger partial charge >= 0.3 is 6.03 Å². The number of carbonyl (C=O) groups excluding carboxylic acids is 1. The Kier molecular flexibility index (Phi) is 5.51. The van der Waals surface area contributed by atoms with Crippen LogP contribution in [0.15, 0.2) is 66.4 Å². The molecule has 0 heterocycles. The number of ether oxygens (including phenoxy) is 1. The largest absolute Gasteiger partial charge is 0.457 e. The molecule has 2 aromatic rings. The van der Waals surface area contributed by atoms with Crippen LogP contribution in [0.25, 0.3) is 0 Å². The quantitative estimate of drug-likeness (QED) is 0.786. The summed E-state index contributed by atoms with van der Waals surface area (Å²) in [6, 6.07) is 16.7. The second-order valence-corrected chi connectivity index (χ2v) is 5.90. The van der Waals surface area contributed by atoms with Crippen molar-refractivity contribution in [3.63, 3.8) is 0 Å². The third-order valence-electron chi connectivity index (χ3n) is 3.99. The SMILES string of the molecule is O=C(NC=C1CCCCC1)Nc1ccc(Oc2ccccc2)cc1. The molecular formula is C20H22N2O2. The fraction of sp³-hybridized carbons (Fsp3) is 0.250. The van der Waals surface area contributed by atoms with Gasteiger partial charge in [-0.05, 0) is 62.1 Å². The number of allylic oxidation sites excluding steroid dienone is 1. The number of hydrogen-bond acceptors (Lipinski definition) is 2. The van der Waals surface area contributed by atoms with E-state index in [2.05, 4.69) is 10.6 Å². The molecular weight excluding hydrogens is 300 g/mol. The van der Waals surface area contributed by atoms with Crippen molar-refractivity contribution in [1.82, 2.24) is 5.32 Å². The summed E-state index contributed by atoms with van der Waals surface area (Å²) in [4.78, 5) is 11.9. The maximum atomic E-state index is 11.9. The van der Waals surface area contributed by atoms with Crippen LogP contribution < -0.4 is 15.4 Å². The first-order valence-electron chi connectivity index (χ1n) is 8.38. The summed E-state index contributed by atoms with van der Waals surface area (Å²) < 4.78 is 5.73. The van der Waals surface area contributed by atoms with Gasteiger partial charge in [0.15, 0.2) is 0 Å². The van der Waals surface area contributed by atoms with Crippen molar-refractivity contribution in [3.8, 4) is 11.5 Å². The number of nitrogens with one attached hydrogen (secondary N) is 2. The van der Waals surface area contributed by atoms with Gasteiger partial charge in [-0.1, -0.05) is 30.2 Å². The van der Waals surface area contributed by atoms with Crippen molar-refractivity contribution in [2.45, 2.75) is 32.1 Å². The van der Waals surface area contributed by atoms with Crippen LogP contribution in [0.5, 0.6) is 11.5 Å². The average Bonchev–Trinajstić information content (AvgIpc) is 2.63. The molecule has 1 fully saturated rings. The van der Waals surface area contributed by atoms with E-state index in [1.165, 1.54) is 24.8 Å². The van der Waals surface area contributed by atoms with Gasteiger partial charge in [0, 0.05) is 11.9 Å². The molecule has 3 rings (SSSR count). The van der Waals surface area contributed by atoms with E-state index in [1.807, 2.05) is 60.8 Å². The molecule has 0 saturated heterocycles. The van der Waals surface area contributed by atoms with Crippen LogP contribution in [0.1, 0.15) is 32.1 Å². The standard InChI is InChI=1S/C20H22N2O2/c23-20(21-15-16-7-3-1-4-8-16)22-17-11-13-19(14-12-17)24-18-9-5-2-6-10-18/h2,5-6,9-15H,1,3-4,7-8H2,(H2,21,22,23). The highest BCUT2D eigenvalue weighted by Crippen LogP contribution is 2.23. The minimum Gasteiger partial charge on any atom is -0.457 e. The third-order valence-corrected chi connectivity index (χ3v) is 3.99. The Morgan fingerprint density at radius 3 is 2.25 bits per heavy atom. The topological polar surface area (TPSA) is 50.4 Å². The molecule has 2 aromatic carbocycles. The Morgan fingerprint density at radius 1 is 0.875 bits per heavy atom. The lowest BCUT2D eigenvalue weighted by atomic mass is 9.96. The predicted octanol–water partition coefficient (Wildman–Crippen LogP) is 5.45. The van der Waals surface area contributed by atoms with Gasteiger partial charge in [0.25, 0.3) is 0 Å². The van der Waals surface area contributed by atoms with E-state index < -0.39 is 0 Å². The second-order valence-electron chi connectivity index (χ2n) is 5.90. The van der Waals surface area contributed by atoms with E-state index in [9.17, 15) is 4.79 Å². The smallest absolute Gasteiger partial charge is 0.323 e. The molecule has 0 aromatic heterocycles. The van der Waals surface area contributed by atoms with Crippen molar-refractivity contribution in [1.29, 1.82) is 0 Å². The van der Waals surface area contributed by atoms with Gasteiger partial charge in [-0.3, -0.25) is 0 Å². The number of rotatable bonds is 4. The van der Waals surface area contributed by atoms with Crippen molar-refractivity contribution in [2.75, 3.05) is 5.32 Å². The number of hydrogen-bond donors (Lipinski definition) is 2. The summed E-state index contributed by atoms with van der Waals surface area (Å²) in [5, 5.41) is 5.63. The molecule has 0 aliphatic heterocycles. The summed E-state index contributed by atoms with van der Waals surface area (Å²) >= 11 is 0. The van der Waals surface area contributed by atoms with E-state index in [-0.39, 0.29) is 6.03 Å². The average molecular weight is 322 g/mol. The summed E-state index contributed by atoms with van der Waals surface area (Å²) in [5.41, 5.74) is 2.05. The highest BCUT2D eigenvalue weighted by molar-refractivity contribution is 5.89. The Balaban J connectivity index is 1.51. The maximum absolute atomic E-state index is 11.9. The fourth-order valence-electron chi connectivity index (χ4n) is 2.72. The lowest BCUT2D eigenvalue weighted by Crippen LogP contribution is -2.24. The summed E-state index contributed by atoms with van der Waals surface area (Å²) in [6.07, 6.45) is 7.76. The van der Waals surface area contributed by atoms with Crippen LogP contribution in [-0.2, 0) is 0 Å². The Labute approximate surface area is 142 Å². The molecule has 0 bridgehead atoms. The van der Waals surface area contributed by atoms with Gasteiger partial charge < -0.3 is 15.4 Å². The van der Waals surface area contributed by atoms with Crippen LogP contribution in [-0.4, -0.2) is 6.03 Å². The van der Waals surface area contributed by atoms with Crippen LogP contribution in [0.2, 0.25) is 0 Å². The van der Waals surface area contributed by atoms with Crippen LogP contribution in [0.3, 0.4) is 0 Å². The molecule has 0 radical (unpaired) electrons. The first-order valence-corrected chi connectivity index (χ1v) is 8.38. The molecule has 1 saturated carbocycles.